The van der Waals surface area contributed by atoms with Crippen molar-refractivity contribution in [3.8, 4) is 0 Å². The number of nitrogens with one attached hydrogen (secondary N) is 1. The van der Waals surface area contributed by atoms with E-state index in [-0.39, 0.29) is 11.6 Å². The van der Waals surface area contributed by atoms with Crippen LogP contribution in [0.2, 0.25) is 0 Å². The van der Waals surface area contributed by atoms with E-state index in [2.05, 4.69) is 26.1 Å². The van der Waals surface area contributed by atoms with Crippen LogP contribution in [0, 0.1) is 11.6 Å². The van der Waals surface area contributed by atoms with Gasteiger partial charge in [-0.2, -0.15) is 0 Å². The summed E-state index contributed by atoms with van der Waals surface area (Å²) in [5.41, 5.74) is 0.162. The van der Waals surface area contributed by atoms with E-state index in [1.165, 1.54) is 12.1 Å². The van der Waals surface area contributed by atoms with Gasteiger partial charge in [-0.05, 0) is 19.1 Å². The van der Waals surface area contributed by atoms with Crippen molar-refractivity contribution >= 4 is 15.9 Å². The van der Waals surface area contributed by atoms with Gasteiger partial charge in [0.05, 0.1) is 0 Å². The van der Waals surface area contributed by atoms with E-state index >= 15 is 0 Å². The fraction of sp³-hybridized carbons (Fsp3) is 0.500. The van der Waals surface area contributed by atoms with Crippen molar-refractivity contribution < 1.29 is 8.78 Å². The second kappa shape index (κ2) is 5.42. The second-order valence-corrected chi connectivity index (χ2v) is 5.16. The van der Waals surface area contributed by atoms with Gasteiger partial charge < -0.3 is 5.32 Å². The highest BCUT2D eigenvalue weighted by Crippen LogP contribution is 2.28. The summed E-state index contributed by atoms with van der Waals surface area (Å²) in [6.07, 6.45) is 0. The highest BCUT2D eigenvalue weighted by molar-refractivity contribution is 9.10. The molecule has 5 heteroatoms. The SMILES string of the molecule is C[C@@H](c1c(F)cc(Br)cc1F)N1CCNCC1. The van der Waals surface area contributed by atoms with Crippen molar-refractivity contribution in [2.45, 2.75) is 13.0 Å². The van der Waals surface area contributed by atoms with Crippen LogP contribution in [0.5, 0.6) is 0 Å². The second-order valence-electron chi connectivity index (χ2n) is 4.25. The molecule has 2 nitrogen and oxygen atoms in total. The molecule has 0 amide bonds. The number of halogens is 3. The van der Waals surface area contributed by atoms with Crippen molar-refractivity contribution in [3.63, 3.8) is 0 Å². The first-order chi connectivity index (χ1) is 8.09. The van der Waals surface area contributed by atoms with Gasteiger partial charge in [-0.1, -0.05) is 15.9 Å². The summed E-state index contributed by atoms with van der Waals surface area (Å²) >= 11 is 3.09. The van der Waals surface area contributed by atoms with Gasteiger partial charge in [0.2, 0.25) is 0 Å². The lowest BCUT2D eigenvalue weighted by atomic mass is 10.0. The van der Waals surface area contributed by atoms with E-state index < -0.39 is 11.6 Å². The summed E-state index contributed by atoms with van der Waals surface area (Å²) in [7, 11) is 0. The maximum Gasteiger partial charge on any atom is 0.132 e. The van der Waals surface area contributed by atoms with E-state index in [1.54, 1.807) is 0 Å². The first-order valence-electron chi connectivity index (χ1n) is 5.69. The molecule has 0 aliphatic carbocycles. The number of rotatable bonds is 2. The summed E-state index contributed by atoms with van der Waals surface area (Å²) < 4.78 is 28.0. The molecular weight excluding hydrogens is 290 g/mol. The third-order valence-electron chi connectivity index (χ3n) is 3.16. The number of nitrogens with zero attached hydrogens (tertiary/aromatic N) is 1. The van der Waals surface area contributed by atoms with Gasteiger partial charge in [0.25, 0.3) is 0 Å². The van der Waals surface area contributed by atoms with E-state index in [9.17, 15) is 8.78 Å². The van der Waals surface area contributed by atoms with Gasteiger partial charge in [-0.15, -0.1) is 0 Å². The van der Waals surface area contributed by atoms with Crippen molar-refractivity contribution in [3.05, 3.63) is 33.8 Å². The Balaban J connectivity index is 2.26. The molecule has 0 unspecified atom stereocenters. The fourth-order valence-corrected chi connectivity index (χ4v) is 2.61. The fourth-order valence-electron chi connectivity index (χ4n) is 2.20. The highest BCUT2D eigenvalue weighted by Gasteiger charge is 2.23. The van der Waals surface area contributed by atoms with Crippen molar-refractivity contribution in [1.82, 2.24) is 10.2 Å². The van der Waals surface area contributed by atoms with Crippen LogP contribution in [0.25, 0.3) is 0 Å². The quantitative estimate of drug-likeness (QED) is 0.904. The number of piperazine rings is 1. The Morgan fingerprint density at radius 2 is 1.76 bits per heavy atom. The van der Waals surface area contributed by atoms with E-state index in [0.29, 0.717) is 4.47 Å². The molecule has 0 spiro atoms. The maximum absolute atomic E-state index is 13.8. The molecule has 1 aromatic rings. The molecule has 1 aliphatic heterocycles. The molecule has 1 heterocycles. The molecule has 2 rings (SSSR count). The molecule has 1 atom stereocenters. The van der Waals surface area contributed by atoms with Crippen molar-refractivity contribution in [2.75, 3.05) is 26.2 Å². The molecular formula is C12H15BrF2N2. The smallest absolute Gasteiger partial charge is 0.132 e. The zero-order valence-corrected chi connectivity index (χ0v) is 11.2. The third-order valence-corrected chi connectivity index (χ3v) is 3.62. The van der Waals surface area contributed by atoms with Crippen LogP contribution in [-0.2, 0) is 0 Å². The van der Waals surface area contributed by atoms with Gasteiger partial charge in [-0.25, -0.2) is 8.78 Å². The predicted molar refractivity (Wildman–Crippen MR) is 66.9 cm³/mol. The zero-order chi connectivity index (χ0) is 12.4. The lowest BCUT2D eigenvalue weighted by molar-refractivity contribution is 0.179. The number of hydrogen-bond donors (Lipinski definition) is 1. The first kappa shape index (κ1) is 12.9. The van der Waals surface area contributed by atoms with E-state index in [4.69, 9.17) is 0 Å². The molecule has 94 valence electrons. The lowest BCUT2D eigenvalue weighted by Gasteiger charge is -2.33. The summed E-state index contributed by atoms with van der Waals surface area (Å²) in [5.74, 6) is -0.967. The first-order valence-corrected chi connectivity index (χ1v) is 6.48. The minimum absolute atomic E-state index is 0.162. The standard InChI is InChI=1S/C12H15BrF2N2/c1-8(17-4-2-16-3-5-17)12-10(14)6-9(13)7-11(12)15/h6-8,16H,2-5H2,1H3/t8-/m0/s1. The molecule has 0 bridgehead atoms. The van der Waals surface area contributed by atoms with Crippen molar-refractivity contribution in [2.24, 2.45) is 0 Å². The third kappa shape index (κ3) is 2.84. The van der Waals surface area contributed by atoms with Crippen LogP contribution < -0.4 is 5.32 Å². The average molecular weight is 305 g/mol. The van der Waals surface area contributed by atoms with Crippen LogP contribution in [0.1, 0.15) is 18.5 Å². The Hall–Kier alpha value is -0.520. The molecule has 17 heavy (non-hydrogen) atoms. The Morgan fingerprint density at radius 1 is 1.24 bits per heavy atom. The predicted octanol–water partition coefficient (Wildman–Crippen LogP) is 2.69. The Labute approximate surface area is 108 Å². The van der Waals surface area contributed by atoms with Gasteiger partial charge in [0, 0.05) is 42.3 Å². The lowest BCUT2D eigenvalue weighted by Crippen LogP contribution is -2.44. The summed E-state index contributed by atoms with van der Waals surface area (Å²) in [6.45, 7) is 5.21. The van der Waals surface area contributed by atoms with Gasteiger partial charge in [0.1, 0.15) is 11.6 Å². The molecule has 1 aromatic carbocycles. The maximum atomic E-state index is 13.8. The van der Waals surface area contributed by atoms with Gasteiger partial charge in [-0.3, -0.25) is 4.90 Å². The normalized spacial score (nSPS) is 19.3. The average Bonchev–Trinajstić information content (AvgIpc) is 2.28. The summed E-state index contributed by atoms with van der Waals surface area (Å²) in [5, 5.41) is 3.22. The molecule has 1 fully saturated rings. The summed E-state index contributed by atoms with van der Waals surface area (Å²) in [6, 6.07) is 2.40. The largest absolute Gasteiger partial charge is 0.314 e. The van der Waals surface area contributed by atoms with Gasteiger partial charge >= 0.3 is 0 Å². The molecule has 1 aliphatic rings. The van der Waals surface area contributed by atoms with Crippen LogP contribution in [0.4, 0.5) is 8.78 Å². The number of hydrogen-bond acceptors (Lipinski definition) is 2. The molecule has 1 N–H and O–H groups in total. The minimum Gasteiger partial charge on any atom is -0.314 e. The Morgan fingerprint density at radius 3 is 2.29 bits per heavy atom. The Bertz CT molecular complexity index is 382. The van der Waals surface area contributed by atoms with Crippen LogP contribution >= 0.6 is 15.9 Å². The van der Waals surface area contributed by atoms with Gasteiger partial charge in [0.15, 0.2) is 0 Å². The highest BCUT2D eigenvalue weighted by atomic mass is 79.9. The minimum atomic E-state index is -0.483. The van der Waals surface area contributed by atoms with E-state index in [1.807, 2.05) is 6.92 Å². The number of benzene rings is 1. The summed E-state index contributed by atoms with van der Waals surface area (Å²) in [4.78, 5) is 2.09. The zero-order valence-electron chi connectivity index (χ0n) is 9.64. The van der Waals surface area contributed by atoms with Crippen LogP contribution in [-0.4, -0.2) is 31.1 Å². The van der Waals surface area contributed by atoms with Crippen molar-refractivity contribution in [1.29, 1.82) is 0 Å². The monoisotopic (exact) mass is 304 g/mol. The Kier molecular flexibility index (Phi) is 4.12. The van der Waals surface area contributed by atoms with E-state index in [0.717, 1.165) is 26.2 Å². The molecule has 1 saturated heterocycles. The van der Waals surface area contributed by atoms with Crippen LogP contribution in [0.15, 0.2) is 16.6 Å². The molecule has 0 aromatic heterocycles. The molecule has 0 saturated carbocycles. The molecule has 0 radical (unpaired) electrons. The van der Waals surface area contributed by atoms with Crippen LogP contribution in [0.3, 0.4) is 0 Å². The topological polar surface area (TPSA) is 15.3 Å².